The third kappa shape index (κ3) is 48.7. The molecule has 6 heteroatoms. The van der Waals surface area contributed by atoms with Crippen LogP contribution in [0.2, 0.25) is 0 Å². The number of ether oxygens (including phenoxy) is 3. The van der Waals surface area contributed by atoms with Crippen molar-refractivity contribution >= 4 is 17.9 Å². The molecular formula is C57H90O6. The molecule has 0 aromatic heterocycles. The van der Waals surface area contributed by atoms with Crippen LogP contribution in [0, 0.1) is 0 Å². The van der Waals surface area contributed by atoms with Crippen LogP contribution in [0.1, 0.15) is 201 Å². The Kier molecular flexibility index (Phi) is 47.1. The monoisotopic (exact) mass is 871 g/mol. The normalized spacial score (nSPS) is 13.1. The zero-order valence-electron chi connectivity index (χ0n) is 40.3. The quantitative estimate of drug-likeness (QED) is 0.0263. The highest BCUT2D eigenvalue weighted by Crippen LogP contribution is 2.12. The van der Waals surface area contributed by atoms with Crippen molar-refractivity contribution in [3.05, 3.63) is 122 Å². The molecule has 0 radical (unpaired) electrons. The van der Waals surface area contributed by atoms with Crippen molar-refractivity contribution in [3.8, 4) is 0 Å². The van der Waals surface area contributed by atoms with Crippen molar-refractivity contribution in [2.45, 2.75) is 207 Å². The average Bonchev–Trinajstić information content (AvgIpc) is 3.28. The highest BCUT2D eigenvalue weighted by molar-refractivity contribution is 5.71. The van der Waals surface area contributed by atoms with E-state index in [0.717, 1.165) is 96.3 Å². The minimum atomic E-state index is -0.836. The van der Waals surface area contributed by atoms with Gasteiger partial charge in [-0.15, -0.1) is 0 Å². The number of hydrogen-bond acceptors (Lipinski definition) is 6. The fourth-order valence-electron chi connectivity index (χ4n) is 6.25. The van der Waals surface area contributed by atoms with E-state index in [1.54, 1.807) is 0 Å². The maximum absolute atomic E-state index is 12.8. The lowest BCUT2D eigenvalue weighted by atomic mass is 10.1. The molecule has 0 aliphatic heterocycles. The summed E-state index contributed by atoms with van der Waals surface area (Å²) in [6.07, 6.45) is 69.1. The molecule has 0 aliphatic rings. The maximum atomic E-state index is 12.8. The lowest BCUT2D eigenvalue weighted by Gasteiger charge is -2.18. The maximum Gasteiger partial charge on any atom is 0.306 e. The Hall–Kier alpha value is -4.19. The molecule has 1 unspecified atom stereocenters. The van der Waals surface area contributed by atoms with Gasteiger partial charge in [0.15, 0.2) is 6.10 Å². The van der Waals surface area contributed by atoms with Gasteiger partial charge < -0.3 is 14.2 Å². The van der Waals surface area contributed by atoms with Crippen molar-refractivity contribution in [1.29, 1.82) is 0 Å². The second-order valence-corrected chi connectivity index (χ2v) is 16.0. The molecule has 0 spiro atoms. The molecule has 0 saturated heterocycles. The lowest BCUT2D eigenvalue weighted by Crippen LogP contribution is -2.30. The van der Waals surface area contributed by atoms with E-state index in [4.69, 9.17) is 14.2 Å². The Morgan fingerprint density at radius 2 is 0.667 bits per heavy atom. The molecular weight excluding hydrogens is 781 g/mol. The minimum Gasteiger partial charge on any atom is -0.462 e. The van der Waals surface area contributed by atoms with Gasteiger partial charge in [0.1, 0.15) is 13.2 Å². The molecule has 0 amide bonds. The van der Waals surface area contributed by atoms with Crippen molar-refractivity contribution in [1.82, 2.24) is 0 Å². The summed E-state index contributed by atoms with van der Waals surface area (Å²) in [6.45, 7) is 6.26. The minimum absolute atomic E-state index is 0.136. The van der Waals surface area contributed by atoms with Gasteiger partial charge in [-0.2, -0.15) is 0 Å². The van der Waals surface area contributed by atoms with Gasteiger partial charge in [0.2, 0.25) is 0 Å². The Morgan fingerprint density at radius 3 is 1.13 bits per heavy atom. The first-order chi connectivity index (χ1) is 31.0. The highest BCUT2D eigenvalue weighted by Gasteiger charge is 2.19. The zero-order valence-corrected chi connectivity index (χ0v) is 40.3. The first kappa shape index (κ1) is 58.8. The fourth-order valence-corrected chi connectivity index (χ4v) is 6.25. The van der Waals surface area contributed by atoms with Crippen LogP contribution in [0.4, 0.5) is 0 Å². The van der Waals surface area contributed by atoms with Gasteiger partial charge in [-0.05, 0) is 109 Å². The van der Waals surface area contributed by atoms with Gasteiger partial charge in [-0.25, -0.2) is 0 Å². The van der Waals surface area contributed by atoms with Crippen molar-refractivity contribution in [3.63, 3.8) is 0 Å². The van der Waals surface area contributed by atoms with E-state index in [0.29, 0.717) is 12.8 Å². The molecule has 0 rings (SSSR count). The smallest absolute Gasteiger partial charge is 0.306 e. The van der Waals surface area contributed by atoms with Crippen LogP contribution in [0.15, 0.2) is 122 Å². The van der Waals surface area contributed by atoms with E-state index in [-0.39, 0.29) is 50.4 Å². The summed E-state index contributed by atoms with van der Waals surface area (Å²) in [5.41, 5.74) is 0. The average molecular weight is 871 g/mol. The van der Waals surface area contributed by atoms with Gasteiger partial charge in [-0.3, -0.25) is 14.4 Å². The zero-order chi connectivity index (χ0) is 45.8. The van der Waals surface area contributed by atoms with Crippen molar-refractivity contribution < 1.29 is 28.6 Å². The Labute approximate surface area is 386 Å². The standard InChI is InChI=1S/C57H90O6/c1-4-7-10-13-16-19-22-25-27-28-30-32-35-38-41-44-47-50-56(59)62-53-54(52-61-55(58)49-46-43-40-37-34-31-24-21-18-15-12-9-6-3)63-57(60)51-48-45-42-39-36-33-29-26-23-20-17-14-11-8-5-2/h7,9-10,12,16,18-19,21,25-27,29-32,34,38,40-41,43,54H,4-6,8,11,13-15,17,20,22-24,28,33,35-37,39,42,44-53H2,1-3H3/b10-7-,12-9-,19-16-,21-18-,27-25-,29-26-,32-30-,34-31-,41-38-,43-40-. The van der Waals surface area contributed by atoms with Gasteiger partial charge in [0, 0.05) is 19.3 Å². The van der Waals surface area contributed by atoms with E-state index in [9.17, 15) is 14.4 Å². The van der Waals surface area contributed by atoms with E-state index < -0.39 is 6.10 Å². The third-order valence-corrected chi connectivity index (χ3v) is 9.94. The summed E-state index contributed by atoms with van der Waals surface area (Å²) >= 11 is 0. The second-order valence-electron chi connectivity index (χ2n) is 16.0. The number of allylic oxidation sites excluding steroid dienone is 20. The summed E-state index contributed by atoms with van der Waals surface area (Å²) in [6, 6.07) is 0. The Bertz CT molecular complexity index is 1370. The van der Waals surface area contributed by atoms with Crippen LogP contribution in [0.5, 0.6) is 0 Å². The van der Waals surface area contributed by atoms with Crippen molar-refractivity contribution in [2.24, 2.45) is 0 Å². The first-order valence-corrected chi connectivity index (χ1v) is 25.0. The van der Waals surface area contributed by atoms with Crippen LogP contribution < -0.4 is 0 Å². The molecule has 0 saturated carbocycles. The van der Waals surface area contributed by atoms with Gasteiger partial charge in [-0.1, -0.05) is 194 Å². The number of carbonyl (C=O) groups excluding carboxylic acids is 3. The number of unbranched alkanes of at least 4 members (excludes halogenated alkanes) is 12. The molecule has 0 bridgehead atoms. The van der Waals surface area contributed by atoms with Gasteiger partial charge >= 0.3 is 17.9 Å². The number of rotatable bonds is 43. The molecule has 63 heavy (non-hydrogen) atoms. The summed E-state index contributed by atoms with van der Waals surface area (Å²) < 4.78 is 16.6. The van der Waals surface area contributed by atoms with Crippen molar-refractivity contribution in [2.75, 3.05) is 13.2 Å². The molecule has 0 heterocycles. The van der Waals surface area contributed by atoms with Crippen LogP contribution >= 0.6 is 0 Å². The molecule has 0 aliphatic carbocycles. The Balaban J connectivity index is 4.59. The summed E-state index contributed by atoms with van der Waals surface area (Å²) in [5, 5.41) is 0. The molecule has 0 aromatic rings. The number of esters is 3. The third-order valence-electron chi connectivity index (χ3n) is 9.94. The molecule has 1 atom stereocenters. The molecule has 0 aromatic carbocycles. The Morgan fingerprint density at radius 1 is 0.333 bits per heavy atom. The van der Waals surface area contributed by atoms with Crippen LogP contribution in [0.3, 0.4) is 0 Å². The molecule has 6 nitrogen and oxygen atoms in total. The summed E-state index contributed by atoms with van der Waals surface area (Å²) in [5.74, 6) is -1.09. The molecule has 0 fully saturated rings. The largest absolute Gasteiger partial charge is 0.462 e. The summed E-state index contributed by atoms with van der Waals surface area (Å²) in [4.78, 5) is 37.9. The topological polar surface area (TPSA) is 78.9 Å². The number of hydrogen-bond donors (Lipinski definition) is 0. The number of carbonyl (C=O) groups is 3. The van der Waals surface area contributed by atoms with E-state index in [2.05, 4.69) is 130 Å². The van der Waals surface area contributed by atoms with Crippen LogP contribution in [-0.2, 0) is 28.6 Å². The predicted molar refractivity (Wildman–Crippen MR) is 269 cm³/mol. The van der Waals surface area contributed by atoms with Gasteiger partial charge in [0.05, 0.1) is 0 Å². The molecule has 0 N–H and O–H groups in total. The van der Waals surface area contributed by atoms with E-state index in [1.165, 1.54) is 51.4 Å². The predicted octanol–water partition coefficient (Wildman–Crippen LogP) is 16.5. The van der Waals surface area contributed by atoms with Crippen LogP contribution in [0.25, 0.3) is 0 Å². The fraction of sp³-hybridized carbons (Fsp3) is 0.596. The second kappa shape index (κ2) is 50.5. The van der Waals surface area contributed by atoms with Gasteiger partial charge in [0.25, 0.3) is 0 Å². The SMILES string of the molecule is CC/C=C\C/C=C\C/C=C\C/C=C\C/C=C\CCCC(=O)OCC(COC(=O)CC/C=C\C/C=C\C/C=C\C/C=C\CC)OC(=O)CCCCCCC/C=C\CCCCCCCC. The molecule has 354 valence electrons. The highest BCUT2D eigenvalue weighted by atomic mass is 16.6. The van der Waals surface area contributed by atoms with E-state index >= 15 is 0 Å². The van der Waals surface area contributed by atoms with E-state index in [1.807, 2.05) is 12.2 Å². The lowest BCUT2D eigenvalue weighted by molar-refractivity contribution is -0.166. The van der Waals surface area contributed by atoms with Crippen LogP contribution in [-0.4, -0.2) is 37.2 Å². The summed E-state index contributed by atoms with van der Waals surface area (Å²) in [7, 11) is 0. The first-order valence-electron chi connectivity index (χ1n) is 25.0.